The van der Waals surface area contributed by atoms with E-state index in [0.29, 0.717) is 0 Å². The molecule has 56 heavy (non-hydrogen) atoms. The average molecular weight is 714 g/mol. The van der Waals surface area contributed by atoms with Gasteiger partial charge in [0.05, 0.1) is 5.69 Å². The molecule has 262 valence electrons. The number of rotatable bonds is 6. The molecule has 0 aliphatic heterocycles. The van der Waals surface area contributed by atoms with Crippen molar-refractivity contribution in [1.82, 2.24) is 0 Å². The van der Waals surface area contributed by atoms with Crippen LogP contribution in [0.15, 0.2) is 217 Å². The summed E-state index contributed by atoms with van der Waals surface area (Å²) < 4.78 is 6.42. The third-order valence-electron chi connectivity index (χ3n) is 11.3. The van der Waals surface area contributed by atoms with Crippen LogP contribution in [0.1, 0.15) is 0 Å². The Morgan fingerprint density at radius 3 is 1.59 bits per heavy atom. The third-order valence-corrected chi connectivity index (χ3v) is 11.3. The molecule has 0 saturated heterocycles. The van der Waals surface area contributed by atoms with Crippen LogP contribution < -0.4 is 4.90 Å². The Balaban J connectivity index is 1.01. The minimum absolute atomic E-state index is 0.873. The van der Waals surface area contributed by atoms with Gasteiger partial charge in [0.15, 0.2) is 0 Å². The van der Waals surface area contributed by atoms with E-state index in [1.54, 1.807) is 0 Å². The van der Waals surface area contributed by atoms with E-state index in [0.717, 1.165) is 39.0 Å². The van der Waals surface area contributed by atoms with E-state index in [9.17, 15) is 0 Å². The van der Waals surface area contributed by atoms with Crippen LogP contribution in [-0.2, 0) is 0 Å². The summed E-state index contributed by atoms with van der Waals surface area (Å²) in [6, 6.07) is 76.5. The number of para-hydroxylation sites is 1. The molecule has 0 spiro atoms. The van der Waals surface area contributed by atoms with Crippen LogP contribution >= 0.6 is 0 Å². The van der Waals surface area contributed by atoms with Gasteiger partial charge in [-0.25, -0.2) is 0 Å². The molecule has 11 aromatic rings. The van der Waals surface area contributed by atoms with Crippen molar-refractivity contribution >= 4 is 71.3 Å². The fourth-order valence-electron chi connectivity index (χ4n) is 8.59. The number of anilines is 3. The Kier molecular flexibility index (Phi) is 7.53. The summed E-state index contributed by atoms with van der Waals surface area (Å²) in [7, 11) is 0. The van der Waals surface area contributed by atoms with E-state index in [1.165, 1.54) is 65.7 Å². The second kappa shape index (κ2) is 13.2. The van der Waals surface area contributed by atoms with E-state index < -0.39 is 0 Å². The van der Waals surface area contributed by atoms with Gasteiger partial charge in [-0.2, -0.15) is 0 Å². The second-order valence-corrected chi connectivity index (χ2v) is 14.5. The van der Waals surface area contributed by atoms with Crippen LogP contribution in [0, 0.1) is 0 Å². The average Bonchev–Trinajstić information content (AvgIpc) is 3.65. The molecule has 0 radical (unpaired) electrons. The first kappa shape index (κ1) is 32.0. The monoisotopic (exact) mass is 713 g/mol. The number of hydrogen-bond donors (Lipinski definition) is 0. The lowest BCUT2D eigenvalue weighted by Crippen LogP contribution is -2.10. The van der Waals surface area contributed by atoms with Crippen molar-refractivity contribution in [2.45, 2.75) is 0 Å². The van der Waals surface area contributed by atoms with Crippen LogP contribution in [-0.4, -0.2) is 0 Å². The maximum atomic E-state index is 6.42. The van der Waals surface area contributed by atoms with Crippen molar-refractivity contribution < 1.29 is 4.42 Å². The summed E-state index contributed by atoms with van der Waals surface area (Å²) >= 11 is 0. The van der Waals surface area contributed by atoms with Gasteiger partial charge in [0.1, 0.15) is 11.2 Å². The topological polar surface area (TPSA) is 16.4 Å². The van der Waals surface area contributed by atoms with Crippen molar-refractivity contribution in [2.75, 3.05) is 4.90 Å². The van der Waals surface area contributed by atoms with Gasteiger partial charge in [0, 0.05) is 33.6 Å². The molecule has 0 unspecified atom stereocenters. The summed E-state index contributed by atoms with van der Waals surface area (Å²) in [5, 5.41) is 9.64. The highest BCUT2D eigenvalue weighted by molar-refractivity contribution is 6.15. The van der Waals surface area contributed by atoms with E-state index in [4.69, 9.17) is 4.42 Å². The first-order chi connectivity index (χ1) is 27.8. The molecule has 0 amide bonds. The lowest BCUT2D eigenvalue weighted by Gasteiger charge is -2.27. The Bertz CT molecular complexity index is 3230. The summed E-state index contributed by atoms with van der Waals surface area (Å²) in [6.45, 7) is 0. The smallest absolute Gasteiger partial charge is 0.137 e. The van der Waals surface area contributed by atoms with Gasteiger partial charge in [-0.1, -0.05) is 170 Å². The van der Waals surface area contributed by atoms with Gasteiger partial charge in [0.2, 0.25) is 0 Å². The Labute approximate surface area is 325 Å². The highest BCUT2D eigenvalue weighted by Gasteiger charge is 2.19. The predicted octanol–water partition coefficient (Wildman–Crippen LogP) is 15.5. The summed E-state index contributed by atoms with van der Waals surface area (Å²) in [6.07, 6.45) is 0. The van der Waals surface area contributed by atoms with E-state index in [1.807, 2.05) is 12.1 Å². The maximum absolute atomic E-state index is 6.42. The highest BCUT2D eigenvalue weighted by Crippen LogP contribution is 2.44. The van der Waals surface area contributed by atoms with Gasteiger partial charge < -0.3 is 9.32 Å². The molecule has 0 fully saturated rings. The van der Waals surface area contributed by atoms with Gasteiger partial charge >= 0.3 is 0 Å². The van der Waals surface area contributed by atoms with Crippen LogP contribution in [0.4, 0.5) is 17.1 Å². The molecule has 1 heterocycles. The Hall–Kier alpha value is -7.42. The molecular weight excluding hydrogens is 679 g/mol. The van der Waals surface area contributed by atoms with Crippen LogP contribution in [0.25, 0.3) is 87.6 Å². The largest absolute Gasteiger partial charge is 0.456 e. The molecule has 2 heteroatoms. The lowest BCUT2D eigenvalue weighted by molar-refractivity contribution is 0.669. The number of fused-ring (bicyclic) bond motifs is 7. The van der Waals surface area contributed by atoms with Gasteiger partial charge in [0.25, 0.3) is 0 Å². The second-order valence-electron chi connectivity index (χ2n) is 14.5. The fraction of sp³-hybridized carbons (Fsp3) is 0. The highest BCUT2D eigenvalue weighted by atomic mass is 16.3. The SMILES string of the molecule is c1ccc(-c2cccc3cccc(-c4ccc(-c5ccc(N(c6ccc7c(c6)oc6ccccc67)c6cc7ccccc7c7ccccc67)cc5)cc4)c23)cc1. The lowest BCUT2D eigenvalue weighted by atomic mass is 9.91. The zero-order chi connectivity index (χ0) is 37.0. The van der Waals surface area contributed by atoms with E-state index >= 15 is 0 Å². The molecule has 0 N–H and O–H groups in total. The standard InChI is InChI=1S/C54H35NO/c1-2-12-38(13-3-1)45-21-10-15-40-16-11-22-46(54(40)45)39-26-24-36(25-27-39)37-28-30-42(31-29-37)55(43-32-33-50-49-20-8-9-23-52(49)56-53(50)35-43)51-34-41-14-4-5-17-44(41)47-18-6-7-19-48(47)51/h1-35H. The molecule has 0 atom stereocenters. The van der Waals surface area contributed by atoms with Gasteiger partial charge in [-0.15, -0.1) is 0 Å². The predicted molar refractivity (Wildman–Crippen MR) is 237 cm³/mol. The molecule has 0 bridgehead atoms. The van der Waals surface area contributed by atoms with Crippen molar-refractivity contribution in [3.8, 4) is 33.4 Å². The van der Waals surface area contributed by atoms with Crippen LogP contribution in [0.5, 0.6) is 0 Å². The zero-order valence-electron chi connectivity index (χ0n) is 30.6. The van der Waals surface area contributed by atoms with E-state index in [-0.39, 0.29) is 0 Å². The normalized spacial score (nSPS) is 11.6. The first-order valence-electron chi connectivity index (χ1n) is 19.2. The van der Waals surface area contributed by atoms with Crippen LogP contribution in [0.3, 0.4) is 0 Å². The Morgan fingerprint density at radius 1 is 0.304 bits per heavy atom. The summed E-state index contributed by atoms with van der Waals surface area (Å²) in [4.78, 5) is 2.37. The molecular formula is C54H35NO. The minimum atomic E-state index is 0.873. The van der Waals surface area contributed by atoms with Crippen molar-refractivity contribution in [1.29, 1.82) is 0 Å². The maximum Gasteiger partial charge on any atom is 0.137 e. The Morgan fingerprint density at radius 2 is 0.839 bits per heavy atom. The summed E-state index contributed by atoms with van der Waals surface area (Å²) in [5.41, 5.74) is 12.3. The third kappa shape index (κ3) is 5.34. The molecule has 11 rings (SSSR count). The fourth-order valence-corrected chi connectivity index (χ4v) is 8.59. The van der Waals surface area contributed by atoms with Crippen molar-refractivity contribution in [3.05, 3.63) is 212 Å². The van der Waals surface area contributed by atoms with Crippen molar-refractivity contribution in [3.63, 3.8) is 0 Å². The zero-order valence-corrected chi connectivity index (χ0v) is 30.6. The van der Waals surface area contributed by atoms with Gasteiger partial charge in [-0.3, -0.25) is 0 Å². The van der Waals surface area contributed by atoms with Gasteiger partial charge in [-0.05, 0) is 96.7 Å². The minimum Gasteiger partial charge on any atom is -0.456 e. The van der Waals surface area contributed by atoms with Crippen molar-refractivity contribution in [2.24, 2.45) is 0 Å². The van der Waals surface area contributed by atoms with Crippen LogP contribution in [0.2, 0.25) is 0 Å². The molecule has 0 aliphatic rings. The van der Waals surface area contributed by atoms with E-state index in [2.05, 4.69) is 205 Å². The molecule has 2 nitrogen and oxygen atoms in total. The summed E-state index contributed by atoms with van der Waals surface area (Å²) in [5.74, 6) is 0. The number of benzene rings is 10. The number of furan rings is 1. The quantitative estimate of drug-likeness (QED) is 0.160. The number of nitrogens with zero attached hydrogens (tertiary/aromatic N) is 1. The molecule has 10 aromatic carbocycles. The molecule has 0 saturated carbocycles. The first-order valence-corrected chi connectivity index (χ1v) is 19.2. The molecule has 1 aromatic heterocycles. The number of hydrogen-bond acceptors (Lipinski definition) is 2. The molecule has 0 aliphatic carbocycles.